The van der Waals surface area contributed by atoms with Crippen LogP contribution in [-0.2, 0) is 0 Å². The number of benzene rings is 1. The van der Waals surface area contributed by atoms with Gasteiger partial charge in [0.25, 0.3) is 0 Å². The molecule has 1 aromatic rings. The van der Waals surface area contributed by atoms with Gasteiger partial charge in [0.1, 0.15) is 5.82 Å². The lowest BCUT2D eigenvalue weighted by atomic mass is 9.87. The van der Waals surface area contributed by atoms with E-state index in [0.29, 0.717) is 11.6 Å². The predicted octanol–water partition coefficient (Wildman–Crippen LogP) is 4.12. The van der Waals surface area contributed by atoms with Crippen molar-refractivity contribution in [2.75, 3.05) is 5.32 Å². The van der Waals surface area contributed by atoms with Gasteiger partial charge >= 0.3 is 0 Å². The zero-order chi connectivity index (χ0) is 11.5. The van der Waals surface area contributed by atoms with Gasteiger partial charge in [0.15, 0.2) is 0 Å². The van der Waals surface area contributed by atoms with Gasteiger partial charge < -0.3 is 5.32 Å². The maximum absolute atomic E-state index is 13.4. The molecule has 0 aliphatic heterocycles. The van der Waals surface area contributed by atoms with Gasteiger partial charge in [0, 0.05) is 11.7 Å². The van der Waals surface area contributed by atoms with Crippen LogP contribution in [-0.4, -0.2) is 6.04 Å². The first-order chi connectivity index (χ1) is 7.65. The summed E-state index contributed by atoms with van der Waals surface area (Å²) >= 11 is 0. The molecule has 0 atom stereocenters. The maximum Gasteiger partial charge on any atom is 0.128 e. The lowest BCUT2D eigenvalue weighted by Gasteiger charge is -2.27. The lowest BCUT2D eigenvalue weighted by Crippen LogP contribution is -2.25. The second-order valence-corrected chi connectivity index (χ2v) is 5.07. The van der Waals surface area contributed by atoms with Crippen molar-refractivity contribution < 1.29 is 4.39 Å². The van der Waals surface area contributed by atoms with Crippen LogP contribution >= 0.6 is 0 Å². The van der Waals surface area contributed by atoms with Crippen molar-refractivity contribution in [1.29, 1.82) is 0 Å². The van der Waals surface area contributed by atoms with E-state index in [0.717, 1.165) is 11.6 Å². The first kappa shape index (κ1) is 11.4. The third-order valence-corrected chi connectivity index (χ3v) is 3.56. The molecule has 1 nitrogen and oxygen atoms in total. The fourth-order valence-electron chi connectivity index (χ4n) is 2.32. The van der Waals surface area contributed by atoms with Gasteiger partial charge in [-0.25, -0.2) is 4.39 Å². The summed E-state index contributed by atoms with van der Waals surface area (Å²) in [6.07, 6.45) is 4.98. The molecular formula is C14H20FN. The van der Waals surface area contributed by atoms with Crippen LogP contribution in [0.4, 0.5) is 10.1 Å². The van der Waals surface area contributed by atoms with Crippen LogP contribution in [0, 0.1) is 18.7 Å². The van der Waals surface area contributed by atoms with Crippen molar-refractivity contribution in [3.8, 4) is 0 Å². The Balaban J connectivity index is 1.96. The van der Waals surface area contributed by atoms with E-state index in [9.17, 15) is 4.39 Å². The molecule has 0 saturated heterocycles. The van der Waals surface area contributed by atoms with Gasteiger partial charge in [-0.05, 0) is 56.2 Å². The minimum absolute atomic E-state index is 0.117. The minimum Gasteiger partial charge on any atom is -0.382 e. The van der Waals surface area contributed by atoms with E-state index in [1.54, 1.807) is 13.0 Å². The number of halogens is 1. The molecule has 1 N–H and O–H groups in total. The Morgan fingerprint density at radius 1 is 1.19 bits per heavy atom. The molecule has 0 unspecified atom stereocenters. The molecule has 1 aliphatic rings. The van der Waals surface area contributed by atoms with Gasteiger partial charge in [-0.15, -0.1) is 0 Å². The maximum atomic E-state index is 13.4. The zero-order valence-corrected chi connectivity index (χ0v) is 10.1. The highest BCUT2D eigenvalue weighted by atomic mass is 19.1. The number of rotatable bonds is 2. The second-order valence-electron chi connectivity index (χ2n) is 5.07. The number of nitrogens with one attached hydrogen (secondary N) is 1. The molecule has 1 aromatic carbocycles. The minimum atomic E-state index is -0.117. The molecule has 0 spiro atoms. The zero-order valence-electron chi connectivity index (χ0n) is 10.1. The lowest BCUT2D eigenvalue weighted by molar-refractivity contribution is 0.361. The summed E-state index contributed by atoms with van der Waals surface area (Å²) in [5.74, 6) is 0.738. The van der Waals surface area contributed by atoms with Crippen molar-refractivity contribution in [2.24, 2.45) is 5.92 Å². The average Bonchev–Trinajstić information content (AvgIpc) is 2.27. The van der Waals surface area contributed by atoms with Crippen LogP contribution < -0.4 is 5.32 Å². The number of aryl methyl sites for hydroxylation is 1. The van der Waals surface area contributed by atoms with E-state index in [-0.39, 0.29) is 5.82 Å². The van der Waals surface area contributed by atoms with Crippen molar-refractivity contribution in [3.05, 3.63) is 29.6 Å². The number of anilines is 1. The first-order valence-electron chi connectivity index (χ1n) is 6.18. The Morgan fingerprint density at radius 2 is 1.88 bits per heavy atom. The highest BCUT2D eigenvalue weighted by Gasteiger charge is 2.17. The first-order valence-corrected chi connectivity index (χ1v) is 6.18. The van der Waals surface area contributed by atoms with Gasteiger partial charge in [-0.2, -0.15) is 0 Å². The summed E-state index contributed by atoms with van der Waals surface area (Å²) in [4.78, 5) is 0. The number of hydrogen-bond donors (Lipinski definition) is 1. The highest BCUT2D eigenvalue weighted by molar-refractivity contribution is 5.46. The van der Waals surface area contributed by atoms with Crippen LogP contribution in [0.3, 0.4) is 0 Å². The molecule has 0 aromatic heterocycles. The summed E-state index contributed by atoms with van der Waals surface area (Å²) < 4.78 is 13.4. The molecule has 0 heterocycles. The number of hydrogen-bond acceptors (Lipinski definition) is 1. The Labute approximate surface area is 97.1 Å². The van der Waals surface area contributed by atoms with Gasteiger partial charge in [0.05, 0.1) is 0 Å². The fourth-order valence-corrected chi connectivity index (χ4v) is 2.32. The molecule has 0 bridgehead atoms. The van der Waals surface area contributed by atoms with Gasteiger partial charge in [-0.3, -0.25) is 0 Å². The topological polar surface area (TPSA) is 12.0 Å². The quantitative estimate of drug-likeness (QED) is 0.792. The van der Waals surface area contributed by atoms with Gasteiger partial charge in [-0.1, -0.05) is 13.0 Å². The van der Waals surface area contributed by atoms with E-state index in [1.165, 1.54) is 25.7 Å². The van der Waals surface area contributed by atoms with Crippen LogP contribution in [0.2, 0.25) is 0 Å². The van der Waals surface area contributed by atoms with E-state index in [2.05, 4.69) is 12.2 Å². The average molecular weight is 221 g/mol. The van der Waals surface area contributed by atoms with Crippen molar-refractivity contribution in [1.82, 2.24) is 0 Å². The van der Waals surface area contributed by atoms with E-state index >= 15 is 0 Å². The molecule has 88 valence electrons. The van der Waals surface area contributed by atoms with Crippen LogP contribution in [0.15, 0.2) is 18.2 Å². The highest BCUT2D eigenvalue weighted by Crippen LogP contribution is 2.26. The Hall–Kier alpha value is -1.05. The van der Waals surface area contributed by atoms with Crippen LogP contribution in [0.5, 0.6) is 0 Å². The SMILES string of the molecule is Cc1ccc(NC2CCC(C)CC2)cc1F. The van der Waals surface area contributed by atoms with Crippen LogP contribution in [0.1, 0.15) is 38.2 Å². The fraction of sp³-hybridized carbons (Fsp3) is 0.571. The summed E-state index contributed by atoms with van der Waals surface area (Å²) in [6.45, 7) is 4.10. The molecule has 1 saturated carbocycles. The summed E-state index contributed by atoms with van der Waals surface area (Å²) in [5, 5.41) is 3.43. The predicted molar refractivity (Wildman–Crippen MR) is 66.2 cm³/mol. The molecule has 1 aliphatic carbocycles. The smallest absolute Gasteiger partial charge is 0.128 e. The van der Waals surface area contributed by atoms with E-state index < -0.39 is 0 Å². The molecule has 2 rings (SSSR count). The summed E-state index contributed by atoms with van der Waals surface area (Å²) in [6, 6.07) is 5.94. The normalized spacial score (nSPS) is 25.4. The standard InChI is InChI=1S/C14H20FN/c1-10-3-6-12(7-4-10)16-13-8-5-11(2)14(15)9-13/h5,8-10,12,16H,3-4,6-7H2,1-2H3. The van der Waals surface area contributed by atoms with E-state index in [1.807, 2.05) is 12.1 Å². The van der Waals surface area contributed by atoms with Crippen LogP contribution in [0.25, 0.3) is 0 Å². The molecule has 2 heteroatoms. The summed E-state index contributed by atoms with van der Waals surface area (Å²) in [5.41, 5.74) is 1.63. The second kappa shape index (κ2) is 4.86. The molecular weight excluding hydrogens is 201 g/mol. The van der Waals surface area contributed by atoms with Crippen molar-refractivity contribution >= 4 is 5.69 Å². The Kier molecular flexibility index (Phi) is 3.47. The van der Waals surface area contributed by atoms with Gasteiger partial charge in [0.2, 0.25) is 0 Å². The Bertz CT molecular complexity index is 354. The largest absolute Gasteiger partial charge is 0.382 e. The van der Waals surface area contributed by atoms with E-state index in [4.69, 9.17) is 0 Å². The third kappa shape index (κ3) is 2.75. The monoisotopic (exact) mass is 221 g/mol. The molecule has 0 radical (unpaired) electrons. The van der Waals surface area contributed by atoms with Crippen molar-refractivity contribution in [3.63, 3.8) is 0 Å². The van der Waals surface area contributed by atoms with Crippen molar-refractivity contribution in [2.45, 2.75) is 45.6 Å². The molecule has 0 amide bonds. The Morgan fingerprint density at radius 3 is 2.50 bits per heavy atom. The molecule has 1 fully saturated rings. The third-order valence-electron chi connectivity index (χ3n) is 3.56. The summed E-state index contributed by atoms with van der Waals surface area (Å²) in [7, 11) is 0. The molecule has 16 heavy (non-hydrogen) atoms.